The quantitative estimate of drug-likeness (QED) is 0.870. The van der Waals surface area contributed by atoms with E-state index in [9.17, 15) is 14.0 Å². The van der Waals surface area contributed by atoms with Crippen LogP contribution < -0.4 is 16.6 Å². The summed E-state index contributed by atoms with van der Waals surface area (Å²) in [4.78, 5) is 26.2. The molecule has 1 N–H and O–H groups in total. The molecule has 0 amide bonds. The zero-order chi connectivity index (χ0) is 17.3. The number of hydrogen-bond donors (Lipinski definition) is 1. The Morgan fingerprint density at radius 1 is 1.20 bits per heavy atom. The molecule has 6 nitrogen and oxygen atoms in total. The fraction of sp³-hybridized carbons (Fsp3) is 0.412. The largest absolute Gasteiger partial charge is 0.330 e. The molecule has 8 heteroatoms. The van der Waals surface area contributed by atoms with E-state index < -0.39 is 0 Å². The third-order valence-corrected chi connectivity index (χ3v) is 4.58. The topological polar surface area (TPSA) is 59.3 Å². The third kappa shape index (κ3) is 4.00. The van der Waals surface area contributed by atoms with Gasteiger partial charge in [-0.1, -0.05) is 12.1 Å². The Labute approximate surface area is 151 Å². The molecular weight excluding hydrogens is 347 g/mol. The lowest BCUT2D eigenvalue weighted by atomic mass is 10.0. The molecule has 25 heavy (non-hydrogen) atoms. The van der Waals surface area contributed by atoms with E-state index in [-0.39, 0.29) is 35.5 Å². The van der Waals surface area contributed by atoms with Crippen LogP contribution in [0.3, 0.4) is 0 Å². The maximum Gasteiger partial charge on any atom is 0.330 e. The lowest BCUT2D eigenvalue weighted by molar-refractivity contribution is 0.149. The minimum atomic E-state index is -0.338. The second-order valence-corrected chi connectivity index (χ2v) is 6.12. The summed E-state index contributed by atoms with van der Waals surface area (Å²) in [7, 11) is 3.13. The van der Waals surface area contributed by atoms with E-state index in [2.05, 4.69) is 10.2 Å². The second-order valence-electron chi connectivity index (χ2n) is 6.12. The van der Waals surface area contributed by atoms with Gasteiger partial charge in [-0.15, -0.1) is 12.4 Å². The summed E-state index contributed by atoms with van der Waals surface area (Å²) >= 11 is 0. The van der Waals surface area contributed by atoms with Crippen molar-refractivity contribution in [3.63, 3.8) is 0 Å². The maximum absolute atomic E-state index is 13.6. The number of piperazine rings is 1. The van der Waals surface area contributed by atoms with E-state index in [0.29, 0.717) is 18.8 Å². The first kappa shape index (κ1) is 19.4. The smallest absolute Gasteiger partial charge is 0.314 e. The van der Waals surface area contributed by atoms with Crippen molar-refractivity contribution in [3.8, 4) is 0 Å². The summed E-state index contributed by atoms with van der Waals surface area (Å²) in [6, 6.07) is 8.05. The van der Waals surface area contributed by atoms with Gasteiger partial charge < -0.3 is 5.32 Å². The van der Waals surface area contributed by atoms with Crippen molar-refractivity contribution >= 4 is 12.4 Å². The highest BCUT2D eigenvalue weighted by Gasteiger charge is 2.25. The average Bonchev–Trinajstić information content (AvgIpc) is 2.58. The lowest BCUT2D eigenvalue weighted by Crippen LogP contribution is -2.47. The molecule has 0 aliphatic carbocycles. The molecule has 1 atom stereocenters. The minimum absolute atomic E-state index is 0. The van der Waals surface area contributed by atoms with Crippen LogP contribution in [0.25, 0.3) is 0 Å². The standard InChI is InChI=1S/C17H21FN4O2.ClH/c1-20-14(9-16(23)21(2)17(20)24)11-22-7-6-19-10-15(22)12-4-3-5-13(18)8-12;/h3-5,8-9,15,19H,6-7,10-11H2,1-2H3;1H. The number of hydrogen-bond acceptors (Lipinski definition) is 4. The Hall–Kier alpha value is -1.96. The van der Waals surface area contributed by atoms with Gasteiger partial charge in [0.2, 0.25) is 0 Å². The van der Waals surface area contributed by atoms with Crippen LogP contribution in [0.5, 0.6) is 0 Å². The zero-order valence-corrected chi connectivity index (χ0v) is 15.1. The fourth-order valence-electron chi connectivity index (χ4n) is 3.12. The fourth-order valence-corrected chi connectivity index (χ4v) is 3.12. The number of rotatable bonds is 3. The molecule has 1 fully saturated rings. The molecule has 1 aliphatic rings. The van der Waals surface area contributed by atoms with Crippen molar-refractivity contribution in [3.05, 3.63) is 68.2 Å². The Balaban J connectivity index is 0.00000225. The van der Waals surface area contributed by atoms with Crippen molar-refractivity contribution in [2.24, 2.45) is 14.1 Å². The molecule has 2 heterocycles. The van der Waals surface area contributed by atoms with Crippen molar-refractivity contribution in [2.75, 3.05) is 19.6 Å². The molecule has 0 saturated carbocycles. The Morgan fingerprint density at radius 3 is 2.68 bits per heavy atom. The molecule has 136 valence electrons. The van der Waals surface area contributed by atoms with Crippen LogP contribution in [0.4, 0.5) is 4.39 Å². The van der Waals surface area contributed by atoms with E-state index in [1.54, 1.807) is 13.1 Å². The molecule has 2 aromatic rings. The first-order chi connectivity index (χ1) is 11.5. The van der Waals surface area contributed by atoms with Gasteiger partial charge in [-0.05, 0) is 17.7 Å². The molecule has 1 unspecified atom stereocenters. The summed E-state index contributed by atoms with van der Waals surface area (Å²) < 4.78 is 16.1. The molecule has 1 aliphatic heterocycles. The average molecular weight is 369 g/mol. The van der Waals surface area contributed by atoms with Crippen molar-refractivity contribution in [2.45, 2.75) is 12.6 Å². The highest BCUT2D eigenvalue weighted by atomic mass is 35.5. The van der Waals surface area contributed by atoms with Crippen molar-refractivity contribution < 1.29 is 4.39 Å². The first-order valence-electron chi connectivity index (χ1n) is 7.93. The van der Waals surface area contributed by atoms with E-state index in [1.807, 2.05) is 6.07 Å². The molecule has 1 saturated heterocycles. The molecule has 3 rings (SSSR count). The summed E-state index contributed by atoms with van der Waals surface area (Å²) in [5, 5.41) is 3.32. The summed E-state index contributed by atoms with van der Waals surface area (Å²) in [5.41, 5.74) is 0.892. The predicted molar refractivity (Wildman–Crippen MR) is 96.6 cm³/mol. The summed E-state index contributed by atoms with van der Waals surface area (Å²) in [5.74, 6) is -0.265. The molecule has 1 aromatic heterocycles. The van der Waals surface area contributed by atoms with Gasteiger partial charge in [0.05, 0.1) is 0 Å². The Bertz CT molecular complexity index is 864. The van der Waals surface area contributed by atoms with Crippen molar-refractivity contribution in [1.29, 1.82) is 0 Å². The van der Waals surface area contributed by atoms with Crippen LogP contribution >= 0.6 is 12.4 Å². The van der Waals surface area contributed by atoms with Gasteiger partial charge in [0.25, 0.3) is 5.56 Å². The van der Waals surface area contributed by atoms with Crippen LogP contribution in [0.1, 0.15) is 17.3 Å². The molecular formula is C17H22ClFN4O2. The van der Waals surface area contributed by atoms with Gasteiger partial charge in [0, 0.05) is 58.1 Å². The van der Waals surface area contributed by atoms with Gasteiger partial charge in [-0.2, -0.15) is 0 Å². The molecule has 0 spiro atoms. The van der Waals surface area contributed by atoms with E-state index >= 15 is 0 Å². The van der Waals surface area contributed by atoms with Gasteiger partial charge in [-0.25, -0.2) is 9.18 Å². The monoisotopic (exact) mass is 368 g/mol. The van der Waals surface area contributed by atoms with E-state index in [0.717, 1.165) is 23.2 Å². The predicted octanol–water partition coefficient (Wildman–Crippen LogP) is 0.791. The Morgan fingerprint density at radius 2 is 1.96 bits per heavy atom. The van der Waals surface area contributed by atoms with E-state index in [4.69, 9.17) is 0 Å². The number of aromatic nitrogens is 2. The number of halogens is 2. The maximum atomic E-state index is 13.6. The zero-order valence-electron chi connectivity index (χ0n) is 14.2. The van der Waals surface area contributed by atoms with Crippen LogP contribution in [0, 0.1) is 5.82 Å². The van der Waals surface area contributed by atoms with Crippen LogP contribution in [-0.4, -0.2) is 33.7 Å². The van der Waals surface area contributed by atoms with Gasteiger partial charge in [0.1, 0.15) is 5.82 Å². The first-order valence-corrected chi connectivity index (χ1v) is 7.93. The van der Waals surface area contributed by atoms with Crippen molar-refractivity contribution in [1.82, 2.24) is 19.4 Å². The minimum Gasteiger partial charge on any atom is -0.314 e. The van der Waals surface area contributed by atoms with Gasteiger partial charge in [0.15, 0.2) is 0 Å². The number of benzene rings is 1. The summed E-state index contributed by atoms with van der Waals surface area (Å²) in [6.07, 6.45) is 0. The SMILES string of the molecule is Cl.Cn1c(CN2CCNCC2c2cccc(F)c2)cc(=O)n(C)c1=O. The highest BCUT2D eigenvalue weighted by Crippen LogP contribution is 2.24. The number of nitrogens with one attached hydrogen (secondary N) is 1. The third-order valence-electron chi connectivity index (χ3n) is 4.58. The second kappa shape index (κ2) is 7.95. The van der Waals surface area contributed by atoms with Crippen LogP contribution in [0.15, 0.2) is 39.9 Å². The lowest BCUT2D eigenvalue weighted by Gasteiger charge is -2.36. The van der Waals surface area contributed by atoms with Gasteiger partial charge >= 0.3 is 5.69 Å². The Kier molecular flexibility index (Phi) is 6.16. The highest BCUT2D eigenvalue weighted by molar-refractivity contribution is 5.85. The molecule has 0 radical (unpaired) electrons. The normalized spacial score (nSPS) is 18.0. The van der Waals surface area contributed by atoms with Gasteiger partial charge in [-0.3, -0.25) is 18.8 Å². The van der Waals surface area contributed by atoms with Crippen LogP contribution in [-0.2, 0) is 20.6 Å². The number of nitrogens with zero attached hydrogens (tertiary/aromatic N) is 3. The summed E-state index contributed by atoms with van der Waals surface area (Å²) in [6.45, 7) is 2.72. The molecule has 1 aromatic carbocycles. The van der Waals surface area contributed by atoms with Crippen LogP contribution in [0.2, 0.25) is 0 Å². The molecule has 0 bridgehead atoms. The van der Waals surface area contributed by atoms with E-state index in [1.165, 1.54) is 29.8 Å².